The van der Waals surface area contributed by atoms with E-state index in [0.29, 0.717) is 0 Å². The van der Waals surface area contributed by atoms with Gasteiger partial charge in [0.1, 0.15) is 0 Å². The van der Waals surface area contributed by atoms with Crippen LogP contribution in [0.25, 0.3) is 21.8 Å². The average molecular weight is 400 g/mol. The van der Waals surface area contributed by atoms with Crippen molar-refractivity contribution in [2.75, 3.05) is 0 Å². The van der Waals surface area contributed by atoms with E-state index in [0.717, 1.165) is 33.2 Å². The molecular weight excluding hydrogens is 388 g/mol. The van der Waals surface area contributed by atoms with Crippen molar-refractivity contribution < 1.29 is 20.1 Å². The maximum atomic E-state index is 4.58. The van der Waals surface area contributed by atoms with E-state index in [1.54, 1.807) is 0 Å². The van der Waals surface area contributed by atoms with E-state index in [2.05, 4.69) is 34.2 Å². The SMILES string of the molecule is Cc1ccc2ccc3ccc(C)nc3c2n1.[Ir]. The molecule has 0 fully saturated rings. The molecule has 0 aliphatic heterocycles. The van der Waals surface area contributed by atoms with Crippen molar-refractivity contribution >= 4 is 21.8 Å². The van der Waals surface area contributed by atoms with Crippen molar-refractivity contribution in [3.8, 4) is 0 Å². The van der Waals surface area contributed by atoms with Crippen LogP contribution in [0, 0.1) is 13.8 Å². The van der Waals surface area contributed by atoms with Gasteiger partial charge in [-0.1, -0.05) is 24.3 Å². The monoisotopic (exact) mass is 401 g/mol. The fourth-order valence-electron chi connectivity index (χ4n) is 1.96. The number of fused-ring (bicyclic) bond motifs is 3. The topological polar surface area (TPSA) is 25.8 Å². The van der Waals surface area contributed by atoms with Crippen LogP contribution in [0.3, 0.4) is 0 Å². The maximum Gasteiger partial charge on any atom is 0.0967 e. The maximum absolute atomic E-state index is 4.58. The first-order chi connectivity index (χ1) is 7.74. The first-order valence-corrected chi connectivity index (χ1v) is 5.38. The number of benzene rings is 1. The summed E-state index contributed by atoms with van der Waals surface area (Å²) < 4.78 is 0. The minimum Gasteiger partial charge on any atom is -0.251 e. The molecule has 0 aliphatic rings. The Morgan fingerprint density at radius 1 is 0.647 bits per heavy atom. The number of rotatable bonds is 0. The quantitative estimate of drug-likeness (QED) is 0.541. The molecule has 0 spiro atoms. The molecule has 1 radical (unpaired) electrons. The molecule has 0 bridgehead atoms. The number of hydrogen-bond acceptors (Lipinski definition) is 2. The Kier molecular flexibility index (Phi) is 3.23. The van der Waals surface area contributed by atoms with Crippen molar-refractivity contribution in [2.24, 2.45) is 0 Å². The minimum absolute atomic E-state index is 0. The van der Waals surface area contributed by atoms with Gasteiger partial charge in [0.05, 0.1) is 11.0 Å². The number of nitrogens with zero attached hydrogens (tertiary/aromatic N) is 2. The summed E-state index contributed by atoms with van der Waals surface area (Å²) in [6.07, 6.45) is 0. The van der Waals surface area contributed by atoms with Crippen LogP contribution in [0.15, 0.2) is 36.4 Å². The van der Waals surface area contributed by atoms with Crippen LogP contribution in [0.4, 0.5) is 0 Å². The summed E-state index contributed by atoms with van der Waals surface area (Å²) in [4.78, 5) is 9.16. The summed E-state index contributed by atoms with van der Waals surface area (Å²) in [6.45, 7) is 4.02. The molecule has 87 valence electrons. The third-order valence-electron chi connectivity index (χ3n) is 2.80. The molecule has 0 amide bonds. The van der Waals surface area contributed by atoms with E-state index in [1.807, 2.05) is 26.0 Å². The summed E-state index contributed by atoms with van der Waals surface area (Å²) >= 11 is 0. The summed E-state index contributed by atoms with van der Waals surface area (Å²) in [6, 6.07) is 12.5. The standard InChI is InChI=1S/C14H12N2.Ir/c1-9-3-5-11-7-8-12-6-4-10(2)16-14(12)13(11)15-9;/h3-8H,1-2H3;. The second-order valence-electron chi connectivity index (χ2n) is 4.11. The van der Waals surface area contributed by atoms with Crippen molar-refractivity contribution in [3.05, 3.63) is 47.8 Å². The summed E-state index contributed by atoms with van der Waals surface area (Å²) in [5, 5.41) is 2.30. The third-order valence-corrected chi connectivity index (χ3v) is 2.80. The predicted octanol–water partition coefficient (Wildman–Crippen LogP) is 3.40. The van der Waals surface area contributed by atoms with E-state index in [4.69, 9.17) is 0 Å². The Morgan fingerprint density at radius 3 is 1.41 bits per heavy atom. The zero-order chi connectivity index (χ0) is 11.1. The summed E-state index contributed by atoms with van der Waals surface area (Å²) in [5.41, 5.74) is 4.06. The smallest absolute Gasteiger partial charge is 0.0967 e. The summed E-state index contributed by atoms with van der Waals surface area (Å²) in [7, 11) is 0. The zero-order valence-electron chi connectivity index (χ0n) is 9.69. The zero-order valence-corrected chi connectivity index (χ0v) is 12.1. The Hall–Kier alpha value is -1.31. The summed E-state index contributed by atoms with van der Waals surface area (Å²) in [5.74, 6) is 0. The van der Waals surface area contributed by atoms with Crippen LogP contribution in [0.1, 0.15) is 11.4 Å². The molecule has 2 heterocycles. The predicted molar refractivity (Wildman–Crippen MR) is 66.5 cm³/mol. The molecule has 17 heavy (non-hydrogen) atoms. The molecule has 0 atom stereocenters. The van der Waals surface area contributed by atoms with Crippen LogP contribution in [0.2, 0.25) is 0 Å². The van der Waals surface area contributed by atoms with E-state index in [-0.39, 0.29) is 20.1 Å². The molecule has 0 saturated carbocycles. The van der Waals surface area contributed by atoms with Crippen LogP contribution >= 0.6 is 0 Å². The van der Waals surface area contributed by atoms with E-state index < -0.39 is 0 Å². The van der Waals surface area contributed by atoms with Crippen LogP contribution in [-0.4, -0.2) is 9.97 Å². The van der Waals surface area contributed by atoms with Crippen LogP contribution in [0.5, 0.6) is 0 Å². The fraction of sp³-hybridized carbons (Fsp3) is 0.143. The molecule has 0 unspecified atom stereocenters. The third kappa shape index (κ3) is 2.08. The van der Waals surface area contributed by atoms with E-state index in [9.17, 15) is 0 Å². The van der Waals surface area contributed by atoms with Gasteiger partial charge in [-0.15, -0.1) is 0 Å². The molecule has 0 N–H and O–H groups in total. The van der Waals surface area contributed by atoms with Gasteiger partial charge in [0.2, 0.25) is 0 Å². The van der Waals surface area contributed by atoms with Crippen molar-refractivity contribution in [3.63, 3.8) is 0 Å². The fourth-order valence-corrected chi connectivity index (χ4v) is 1.96. The molecule has 2 nitrogen and oxygen atoms in total. The van der Waals surface area contributed by atoms with Gasteiger partial charge in [-0.05, 0) is 26.0 Å². The molecule has 3 heteroatoms. The molecule has 3 rings (SSSR count). The van der Waals surface area contributed by atoms with Crippen LogP contribution in [-0.2, 0) is 20.1 Å². The van der Waals surface area contributed by atoms with Gasteiger partial charge in [0.15, 0.2) is 0 Å². The molecule has 0 aliphatic carbocycles. The second kappa shape index (κ2) is 4.52. The van der Waals surface area contributed by atoms with Gasteiger partial charge < -0.3 is 0 Å². The van der Waals surface area contributed by atoms with Gasteiger partial charge in [0, 0.05) is 42.3 Å². The Labute approximate surface area is 113 Å². The number of pyridine rings is 2. The first-order valence-electron chi connectivity index (χ1n) is 5.38. The largest absolute Gasteiger partial charge is 0.251 e. The van der Waals surface area contributed by atoms with Gasteiger partial charge in [-0.3, -0.25) is 9.97 Å². The van der Waals surface area contributed by atoms with Crippen molar-refractivity contribution in [1.29, 1.82) is 0 Å². The molecule has 1 aromatic carbocycles. The Morgan fingerprint density at radius 2 is 1.00 bits per heavy atom. The molecule has 2 aromatic heterocycles. The number of aryl methyl sites for hydroxylation is 2. The van der Waals surface area contributed by atoms with Crippen molar-refractivity contribution in [1.82, 2.24) is 9.97 Å². The minimum atomic E-state index is 0. The molecular formula is C14H12IrN2. The number of hydrogen-bond donors (Lipinski definition) is 0. The van der Waals surface area contributed by atoms with Crippen molar-refractivity contribution in [2.45, 2.75) is 13.8 Å². The Balaban J connectivity index is 0.00000108. The molecule has 3 aromatic rings. The Bertz CT molecular complexity index is 631. The number of aromatic nitrogens is 2. The average Bonchev–Trinajstić information content (AvgIpc) is 2.29. The normalized spacial score (nSPS) is 10.5. The van der Waals surface area contributed by atoms with E-state index in [1.165, 1.54) is 0 Å². The molecule has 0 saturated heterocycles. The van der Waals surface area contributed by atoms with Gasteiger partial charge in [0.25, 0.3) is 0 Å². The van der Waals surface area contributed by atoms with Crippen LogP contribution < -0.4 is 0 Å². The van der Waals surface area contributed by atoms with Gasteiger partial charge >= 0.3 is 0 Å². The second-order valence-corrected chi connectivity index (χ2v) is 4.11. The van der Waals surface area contributed by atoms with Gasteiger partial charge in [-0.2, -0.15) is 0 Å². The van der Waals surface area contributed by atoms with Gasteiger partial charge in [-0.25, -0.2) is 0 Å². The van der Waals surface area contributed by atoms with E-state index >= 15 is 0 Å². The first kappa shape index (κ1) is 12.2.